The summed E-state index contributed by atoms with van der Waals surface area (Å²) in [6.07, 6.45) is 7.38. The molecule has 2 heterocycles. The van der Waals surface area contributed by atoms with E-state index in [9.17, 15) is 27.6 Å². The lowest BCUT2D eigenvalue weighted by atomic mass is 10.0. The summed E-state index contributed by atoms with van der Waals surface area (Å²) < 4.78 is 26.1. The van der Waals surface area contributed by atoms with E-state index >= 15 is 0 Å². The van der Waals surface area contributed by atoms with Gasteiger partial charge < -0.3 is 10.0 Å². The number of hydrogen-bond acceptors (Lipinski definition) is 6. The molecule has 2 N–H and O–H groups in total. The molecule has 34 heavy (non-hydrogen) atoms. The first-order chi connectivity index (χ1) is 16.2. The molecule has 0 saturated carbocycles. The number of sulfone groups is 1. The molecule has 0 aliphatic carbocycles. The van der Waals surface area contributed by atoms with Crippen LogP contribution >= 0.6 is 0 Å². The molecule has 1 saturated heterocycles. The molecule has 1 atom stereocenters. The Morgan fingerprint density at radius 3 is 2.29 bits per heavy atom. The van der Waals surface area contributed by atoms with E-state index in [0.29, 0.717) is 24.0 Å². The number of carboxylic acids is 1. The number of imide groups is 1. The van der Waals surface area contributed by atoms with E-state index in [2.05, 4.69) is 5.32 Å². The molecule has 10 heteroatoms. The predicted octanol–water partition coefficient (Wildman–Crippen LogP) is 2.82. The van der Waals surface area contributed by atoms with Gasteiger partial charge >= 0.3 is 5.97 Å². The Balaban J connectivity index is 1.50. The monoisotopic (exact) mass is 492 g/mol. The van der Waals surface area contributed by atoms with Gasteiger partial charge in [0.15, 0.2) is 9.84 Å². The standard InChI is InChI=1S/C24H32N2O7S/c27-21-14-13-19(23(30)25-21)26-16-18-17(24(26)31)10-9-11-20(18)34(32,33)15-8-6-4-2-1-3-5-7-12-22(28)29/h9-11,19H,1-8,12-16H2,(H,28,29)(H,25,27,30). The van der Waals surface area contributed by atoms with Gasteiger partial charge in [0.1, 0.15) is 6.04 Å². The van der Waals surface area contributed by atoms with Crippen LogP contribution in [0, 0.1) is 0 Å². The van der Waals surface area contributed by atoms with Gasteiger partial charge in [0.05, 0.1) is 10.6 Å². The first-order valence-corrected chi connectivity index (χ1v) is 13.6. The lowest BCUT2D eigenvalue weighted by Gasteiger charge is -2.29. The maximum atomic E-state index is 13.0. The van der Waals surface area contributed by atoms with Gasteiger partial charge in [-0.3, -0.25) is 24.5 Å². The fourth-order valence-electron chi connectivity index (χ4n) is 4.59. The van der Waals surface area contributed by atoms with Gasteiger partial charge in [-0.1, -0.05) is 44.6 Å². The number of aliphatic carboxylic acids is 1. The molecule has 0 aromatic heterocycles. The fraction of sp³-hybridized carbons (Fsp3) is 0.583. The molecular formula is C24H32N2O7S. The van der Waals surface area contributed by atoms with Crippen LogP contribution in [0.2, 0.25) is 0 Å². The summed E-state index contributed by atoms with van der Waals surface area (Å²) in [5.74, 6) is -2.05. The summed E-state index contributed by atoms with van der Waals surface area (Å²) >= 11 is 0. The molecule has 1 aromatic rings. The molecule has 3 amide bonds. The molecule has 9 nitrogen and oxygen atoms in total. The van der Waals surface area contributed by atoms with Crippen molar-refractivity contribution in [1.29, 1.82) is 0 Å². The minimum absolute atomic E-state index is 0.00529. The lowest BCUT2D eigenvalue weighted by Crippen LogP contribution is -2.52. The van der Waals surface area contributed by atoms with Crippen LogP contribution in [-0.4, -0.2) is 53.9 Å². The first kappa shape index (κ1) is 25.9. The number of unbranched alkanes of at least 4 members (excludes halogenated alkanes) is 7. The van der Waals surface area contributed by atoms with Crippen LogP contribution in [0.5, 0.6) is 0 Å². The summed E-state index contributed by atoms with van der Waals surface area (Å²) in [4.78, 5) is 48.6. The summed E-state index contributed by atoms with van der Waals surface area (Å²) in [5.41, 5.74) is 0.729. The summed E-state index contributed by atoms with van der Waals surface area (Å²) in [5, 5.41) is 10.9. The molecule has 186 valence electrons. The van der Waals surface area contributed by atoms with Crippen LogP contribution < -0.4 is 5.32 Å². The van der Waals surface area contributed by atoms with E-state index in [1.807, 2.05) is 0 Å². The van der Waals surface area contributed by atoms with Gasteiger partial charge in [0.2, 0.25) is 11.8 Å². The highest BCUT2D eigenvalue weighted by atomic mass is 32.2. The van der Waals surface area contributed by atoms with Crippen molar-refractivity contribution in [2.45, 2.75) is 88.1 Å². The largest absolute Gasteiger partial charge is 0.481 e. The van der Waals surface area contributed by atoms with E-state index < -0.39 is 27.8 Å². The number of benzene rings is 1. The fourth-order valence-corrected chi connectivity index (χ4v) is 6.23. The molecule has 2 aliphatic rings. The van der Waals surface area contributed by atoms with Crippen LogP contribution in [0.1, 0.15) is 86.6 Å². The number of fused-ring (bicyclic) bond motifs is 1. The number of carbonyl (C=O) groups excluding carboxylic acids is 3. The van der Waals surface area contributed by atoms with Crippen molar-refractivity contribution < 1.29 is 32.7 Å². The highest BCUT2D eigenvalue weighted by Crippen LogP contribution is 2.32. The van der Waals surface area contributed by atoms with Gasteiger partial charge in [-0.2, -0.15) is 0 Å². The van der Waals surface area contributed by atoms with E-state index in [-0.39, 0.29) is 48.3 Å². The normalized spacial score (nSPS) is 18.2. The number of hydrogen-bond donors (Lipinski definition) is 2. The first-order valence-electron chi connectivity index (χ1n) is 11.9. The SMILES string of the molecule is O=C(O)CCCCCCCCCCS(=O)(=O)c1cccc2c1CN(C1CCC(=O)NC1=O)C2=O. The van der Waals surface area contributed by atoms with Crippen molar-refractivity contribution in [2.75, 3.05) is 5.75 Å². The Hall–Kier alpha value is -2.75. The van der Waals surface area contributed by atoms with Crippen LogP contribution in [0.4, 0.5) is 0 Å². The van der Waals surface area contributed by atoms with Gasteiger partial charge in [-0.15, -0.1) is 0 Å². The summed E-state index contributed by atoms with van der Waals surface area (Å²) in [7, 11) is -3.59. The van der Waals surface area contributed by atoms with Gasteiger partial charge in [-0.25, -0.2) is 8.42 Å². The molecule has 0 bridgehead atoms. The molecule has 0 radical (unpaired) electrons. The number of nitrogens with zero attached hydrogens (tertiary/aromatic N) is 1. The second-order valence-corrected chi connectivity index (χ2v) is 11.1. The zero-order valence-electron chi connectivity index (χ0n) is 19.3. The van der Waals surface area contributed by atoms with Crippen molar-refractivity contribution in [3.05, 3.63) is 29.3 Å². The Labute approximate surface area is 199 Å². The number of nitrogens with one attached hydrogen (secondary N) is 1. The molecular weight excluding hydrogens is 460 g/mol. The molecule has 3 rings (SSSR count). The second kappa shape index (κ2) is 11.6. The highest BCUT2D eigenvalue weighted by molar-refractivity contribution is 7.91. The smallest absolute Gasteiger partial charge is 0.303 e. The van der Waals surface area contributed by atoms with E-state index in [1.54, 1.807) is 12.1 Å². The maximum absolute atomic E-state index is 13.0. The van der Waals surface area contributed by atoms with Gasteiger partial charge in [-0.05, 0) is 31.4 Å². The van der Waals surface area contributed by atoms with Crippen molar-refractivity contribution in [3.63, 3.8) is 0 Å². The molecule has 1 unspecified atom stereocenters. The number of rotatable bonds is 13. The zero-order valence-corrected chi connectivity index (χ0v) is 20.1. The highest BCUT2D eigenvalue weighted by Gasteiger charge is 2.40. The number of carboxylic acid groups (broad SMARTS) is 1. The average molecular weight is 493 g/mol. The summed E-state index contributed by atoms with van der Waals surface area (Å²) in [6.45, 7) is 0.0394. The van der Waals surface area contributed by atoms with Crippen molar-refractivity contribution >= 4 is 33.5 Å². The molecule has 1 fully saturated rings. The predicted molar refractivity (Wildman–Crippen MR) is 124 cm³/mol. The topological polar surface area (TPSA) is 138 Å². The molecule has 0 spiro atoms. The maximum Gasteiger partial charge on any atom is 0.303 e. The van der Waals surface area contributed by atoms with Crippen LogP contribution in [0.3, 0.4) is 0 Å². The number of carbonyl (C=O) groups is 4. The molecule has 1 aromatic carbocycles. The van der Waals surface area contributed by atoms with Crippen molar-refractivity contribution in [2.24, 2.45) is 0 Å². The third kappa shape index (κ3) is 6.43. The van der Waals surface area contributed by atoms with Crippen LogP contribution in [0.15, 0.2) is 23.1 Å². The third-order valence-corrected chi connectivity index (χ3v) is 8.31. The lowest BCUT2D eigenvalue weighted by molar-refractivity contribution is -0.138. The second-order valence-electron chi connectivity index (χ2n) is 8.97. The third-order valence-electron chi connectivity index (χ3n) is 6.43. The minimum atomic E-state index is -3.59. The van der Waals surface area contributed by atoms with Gasteiger partial charge in [0, 0.05) is 30.5 Å². The number of amides is 3. The van der Waals surface area contributed by atoms with Crippen molar-refractivity contribution in [3.8, 4) is 0 Å². The zero-order chi connectivity index (χ0) is 24.7. The van der Waals surface area contributed by atoms with Crippen LogP contribution in [-0.2, 0) is 30.8 Å². The van der Waals surface area contributed by atoms with E-state index in [1.165, 1.54) is 11.0 Å². The van der Waals surface area contributed by atoms with E-state index in [0.717, 1.165) is 38.5 Å². The van der Waals surface area contributed by atoms with Crippen LogP contribution in [0.25, 0.3) is 0 Å². The Morgan fingerprint density at radius 1 is 1.00 bits per heavy atom. The Kier molecular flexibility index (Phi) is 8.82. The number of piperidine rings is 1. The average Bonchev–Trinajstić information content (AvgIpc) is 3.11. The van der Waals surface area contributed by atoms with Crippen molar-refractivity contribution in [1.82, 2.24) is 10.2 Å². The molecule has 2 aliphatic heterocycles. The van der Waals surface area contributed by atoms with E-state index in [4.69, 9.17) is 5.11 Å². The Morgan fingerprint density at radius 2 is 1.65 bits per heavy atom. The summed E-state index contributed by atoms with van der Waals surface area (Å²) in [6, 6.07) is 3.88. The van der Waals surface area contributed by atoms with Gasteiger partial charge in [0.25, 0.3) is 5.91 Å². The Bertz CT molecular complexity index is 1050. The minimum Gasteiger partial charge on any atom is -0.481 e. The quantitative estimate of drug-likeness (QED) is 0.319.